The number of nitrogens with zero attached hydrogens (tertiary/aromatic N) is 1. The number of benzene rings is 1. The number of carbonyl (C=O) groups excluding carboxylic acids is 1. The van der Waals surface area contributed by atoms with E-state index in [1.165, 1.54) is 12.1 Å². The molecule has 1 aromatic carbocycles. The van der Waals surface area contributed by atoms with Gasteiger partial charge < -0.3 is 9.84 Å². The second kappa shape index (κ2) is 7.43. The largest absolute Gasteiger partial charge is 0.508 e. The molecule has 0 aliphatic carbocycles. The summed E-state index contributed by atoms with van der Waals surface area (Å²) in [4.78, 5) is 16.2. The van der Waals surface area contributed by atoms with Gasteiger partial charge in [-0.05, 0) is 55.7 Å². The lowest BCUT2D eigenvalue weighted by atomic mass is 10.0. The van der Waals surface area contributed by atoms with Gasteiger partial charge in [-0.15, -0.1) is 0 Å². The van der Waals surface area contributed by atoms with Crippen molar-refractivity contribution < 1.29 is 14.6 Å². The van der Waals surface area contributed by atoms with E-state index in [2.05, 4.69) is 4.98 Å². The van der Waals surface area contributed by atoms with Gasteiger partial charge in [-0.25, -0.2) is 0 Å². The molecule has 1 N–H and O–H groups in total. The van der Waals surface area contributed by atoms with Crippen LogP contribution in [0.1, 0.15) is 35.3 Å². The Kier molecular flexibility index (Phi) is 5.32. The van der Waals surface area contributed by atoms with Gasteiger partial charge in [-0.3, -0.25) is 9.78 Å². The van der Waals surface area contributed by atoms with Gasteiger partial charge in [-0.2, -0.15) is 0 Å². The molecular formula is C17H19NO3. The van der Waals surface area contributed by atoms with Crippen molar-refractivity contribution in [1.29, 1.82) is 0 Å². The molecule has 0 radical (unpaired) electrons. The first-order valence-corrected chi connectivity index (χ1v) is 7.00. The number of unbranched alkanes of at least 4 members (excludes halogenated alkanes) is 1. The molecule has 4 heteroatoms. The van der Waals surface area contributed by atoms with E-state index in [0.29, 0.717) is 12.0 Å². The summed E-state index contributed by atoms with van der Waals surface area (Å²) < 4.78 is 5.06. The van der Waals surface area contributed by atoms with Gasteiger partial charge >= 0.3 is 0 Å². The van der Waals surface area contributed by atoms with E-state index in [1.54, 1.807) is 25.4 Å². The highest BCUT2D eigenvalue weighted by Crippen LogP contribution is 2.14. The van der Waals surface area contributed by atoms with Crippen LogP contribution in [0.5, 0.6) is 11.5 Å². The molecular weight excluding hydrogens is 266 g/mol. The molecule has 0 aliphatic rings. The number of Topliss-reactive ketones (excluding diaryl/α,β-unsaturated/α-hetero) is 1. The van der Waals surface area contributed by atoms with Crippen LogP contribution in [0.25, 0.3) is 0 Å². The minimum absolute atomic E-state index is 0.109. The zero-order valence-corrected chi connectivity index (χ0v) is 12.1. The molecule has 110 valence electrons. The fourth-order valence-electron chi connectivity index (χ4n) is 2.06. The number of aryl methyl sites for hydroxylation is 1. The zero-order chi connectivity index (χ0) is 15.1. The van der Waals surface area contributed by atoms with Crippen LogP contribution in [-0.4, -0.2) is 23.0 Å². The minimum Gasteiger partial charge on any atom is -0.508 e. The maximum Gasteiger partial charge on any atom is 0.162 e. The van der Waals surface area contributed by atoms with Crippen LogP contribution in [0.15, 0.2) is 42.6 Å². The standard InChI is InChI=1S/C17H19NO3/c1-21-16-11-8-14(18-12-16)4-2-3-5-17(20)13-6-9-15(19)10-7-13/h6-12,19H,2-5H2,1H3. The van der Waals surface area contributed by atoms with Crippen molar-refractivity contribution >= 4 is 5.78 Å². The highest BCUT2D eigenvalue weighted by atomic mass is 16.5. The first kappa shape index (κ1) is 15.0. The van der Waals surface area contributed by atoms with Gasteiger partial charge in [0.2, 0.25) is 0 Å². The Morgan fingerprint density at radius 3 is 2.52 bits per heavy atom. The third-order valence-electron chi connectivity index (χ3n) is 3.31. The molecule has 21 heavy (non-hydrogen) atoms. The Bertz CT molecular complexity index is 576. The number of methoxy groups -OCH3 is 1. The van der Waals surface area contributed by atoms with Gasteiger partial charge in [0.1, 0.15) is 11.5 Å². The number of aromatic nitrogens is 1. The van der Waals surface area contributed by atoms with Crippen LogP contribution in [0.2, 0.25) is 0 Å². The van der Waals surface area contributed by atoms with Crippen LogP contribution in [0.4, 0.5) is 0 Å². The summed E-state index contributed by atoms with van der Waals surface area (Å²) >= 11 is 0. The fourth-order valence-corrected chi connectivity index (χ4v) is 2.06. The molecule has 1 heterocycles. The van der Waals surface area contributed by atoms with Crippen LogP contribution < -0.4 is 4.74 Å². The molecule has 0 bridgehead atoms. The molecule has 1 aromatic heterocycles. The van der Waals surface area contributed by atoms with E-state index in [9.17, 15) is 9.90 Å². The molecule has 2 rings (SSSR count). The lowest BCUT2D eigenvalue weighted by Gasteiger charge is -2.03. The normalized spacial score (nSPS) is 10.3. The summed E-state index contributed by atoms with van der Waals surface area (Å²) in [7, 11) is 1.62. The predicted octanol–water partition coefficient (Wildman–Crippen LogP) is 3.39. The summed E-state index contributed by atoms with van der Waals surface area (Å²) in [5, 5.41) is 9.19. The Balaban J connectivity index is 1.73. The summed E-state index contributed by atoms with van der Waals surface area (Å²) in [5.41, 5.74) is 1.66. The lowest BCUT2D eigenvalue weighted by molar-refractivity contribution is 0.0979. The second-order valence-electron chi connectivity index (χ2n) is 4.87. The van der Waals surface area contributed by atoms with E-state index in [-0.39, 0.29) is 11.5 Å². The van der Waals surface area contributed by atoms with Gasteiger partial charge in [0.15, 0.2) is 5.78 Å². The maximum atomic E-state index is 11.9. The monoisotopic (exact) mass is 285 g/mol. The Labute approximate surface area is 124 Å². The number of phenols is 1. The smallest absolute Gasteiger partial charge is 0.162 e. The van der Waals surface area contributed by atoms with Crippen molar-refractivity contribution in [2.24, 2.45) is 0 Å². The quantitative estimate of drug-likeness (QED) is 0.625. The van der Waals surface area contributed by atoms with Crippen molar-refractivity contribution in [2.45, 2.75) is 25.7 Å². The number of rotatable bonds is 7. The topological polar surface area (TPSA) is 59.4 Å². The number of hydrogen-bond donors (Lipinski definition) is 1. The lowest BCUT2D eigenvalue weighted by Crippen LogP contribution is -1.99. The Morgan fingerprint density at radius 2 is 1.90 bits per heavy atom. The maximum absolute atomic E-state index is 11.9. The van der Waals surface area contributed by atoms with Gasteiger partial charge in [0.25, 0.3) is 0 Å². The molecule has 0 atom stereocenters. The number of ketones is 1. The van der Waals surface area contributed by atoms with E-state index in [0.717, 1.165) is 30.7 Å². The van der Waals surface area contributed by atoms with Crippen LogP contribution in [0.3, 0.4) is 0 Å². The number of ether oxygens (including phenoxy) is 1. The van der Waals surface area contributed by atoms with E-state index >= 15 is 0 Å². The summed E-state index contributed by atoms with van der Waals surface area (Å²) in [6.45, 7) is 0. The highest BCUT2D eigenvalue weighted by Gasteiger charge is 2.05. The van der Waals surface area contributed by atoms with E-state index in [4.69, 9.17) is 4.74 Å². The zero-order valence-electron chi connectivity index (χ0n) is 12.1. The van der Waals surface area contributed by atoms with Crippen LogP contribution in [-0.2, 0) is 6.42 Å². The van der Waals surface area contributed by atoms with Crippen molar-refractivity contribution in [3.05, 3.63) is 53.9 Å². The Morgan fingerprint density at radius 1 is 1.14 bits per heavy atom. The summed E-state index contributed by atoms with van der Waals surface area (Å²) in [6.07, 6.45) is 4.82. The SMILES string of the molecule is COc1ccc(CCCCC(=O)c2ccc(O)cc2)nc1. The molecule has 0 fully saturated rings. The third-order valence-corrected chi connectivity index (χ3v) is 3.31. The van der Waals surface area contributed by atoms with Crippen LogP contribution >= 0.6 is 0 Å². The molecule has 0 amide bonds. The van der Waals surface area contributed by atoms with Crippen molar-refractivity contribution in [3.63, 3.8) is 0 Å². The van der Waals surface area contributed by atoms with Crippen molar-refractivity contribution in [2.75, 3.05) is 7.11 Å². The highest BCUT2D eigenvalue weighted by molar-refractivity contribution is 5.96. The predicted molar refractivity (Wildman–Crippen MR) is 80.8 cm³/mol. The molecule has 0 unspecified atom stereocenters. The number of aromatic hydroxyl groups is 1. The average molecular weight is 285 g/mol. The first-order chi connectivity index (χ1) is 10.2. The molecule has 0 aliphatic heterocycles. The summed E-state index contributed by atoms with van der Waals surface area (Å²) in [5.74, 6) is 1.04. The summed E-state index contributed by atoms with van der Waals surface area (Å²) in [6, 6.07) is 10.2. The first-order valence-electron chi connectivity index (χ1n) is 7.00. The number of hydrogen-bond acceptors (Lipinski definition) is 4. The van der Waals surface area contributed by atoms with Crippen LogP contribution in [0, 0.1) is 0 Å². The van der Waals surface area contributed by atoms with Crippen molar-refractivity contribution in [1.82, 2.24) is 4.98 Å². The van der Waals surface area contributed by atoms with E-state index in [1.807, 2.05) is 12.1 Å². The minimum atomic E-state index is 0.109. The van der Waals surface area contributed by atoms with Crippen molar-refractivity contribution in [3.8, 4) is 11.5 Å². The molecule has 0 spiro atoms. The number of carbonyl (C=O) groups is 1. The molecule has 2 aromatic rings. The average Bonchev–Trinajstić information content (AvgIpc) is 2.52. The van der Waals surface area contributed by atoms with E-state index < -0.39 is 0 Å². The fraction of sp³-hybridized carbons (Fsp3) is 0.294. The second-order valence-corrected chi connectivity index (χ2v) is 4.87. The van der Waals surface area contributed by atoms with Gasteiger partial charge in [-0.1, -0.05) is 0 Å². The van der Waals surface area contributed by atoms with Gasteiger partial charge in [0, 0.05) is 17.7 Å². The number of phenolic OH excluding ortho intramolecular Hbond substituents is 1. The molecule has 0 saturated heterocycles. The Hall–Kier alpha value is -2.36. The molecule has 0 saturated carbocycles. The third kappa shape index (κ3) is 4.60. The molecule has 4 nitrogen and oxygen atoms in total. The number of pyridine rings is 1. The van der Waals surface area contributed by atoms with Gasteiger partial charge in [0.05, 0.1) is 13.3 Å².